The van der Waals surface area contributed by atoms with E-state index in [0.717, 1.165) is 11.5 Å². The number of hydrogen-bond acceptors (Lipinski definition) is 2. The first-order chi connectivity index (χ1) is 10.9. The van der Waals surface area contributed by atoms with Gasteiger partial charge in [0.1, 0.15) is 0 Å². The van der Waals surface area contributed by atoms with Crippen molar-refractivity contribution in [1.82, 2.24) is 0 Å². The molecule has 0 amide bonds. The largest absolute Gasteiger partial charge is 0.120 e. The highest BCUT2D eigenvalue weighted by Gasteiger charge is 2.06. The second-order valence-corrected chi connectivity index (χ2v) is 7.58. The van der Waals surface area contributed by atoms with Crippen molar-refractivity contribution in [3.05, 3.63) is 71.9 Å². The molecule has 0 spiro atoms. The topological polar surface area (TPSA) is 0 Å². The molecule has 0 unspecified atom stereocenters. The van der Waals surface area contributed by atoms with Crippen LogP contribution < -0.4 is 0 Å². The maximum Gasteiger partial charge on any atom is 0.0229 e. The van der Waals surface area contributed by atoms with Crippen LogP contribution in [0.3, 0.4) is 0 Å². The summed E-state index contributed by atoms with van der Waals surface area (Å²) in [6.45, 7) is 0. The fourth-order valence-corrected chi connectivity index (χ4v) is 4.76. The molecule has 3 rings (SSSR count). The molecule has 2 aliphatic rings. The number of allylic oxidation sites excluding steroid dienone is 6. The molecule has 0 saturated heterocycles. The van der Waals surface area contributed by atoms with Gasteiger partial charge in [0.05, 0.1) is 0 Å². The molecule has 0 aliphatic heterocycles. The molecule has 0 heterocycles. The number of rotatable bonds is 6. The zero-order chi connectivity index (χ0) is 15.0. The van der Waals surface area contributed by atoms with E-state index in [0.29, 0.717) is 0 Å². The molecule has 2 aliphatic carbocycles. The van der Waals surface area contributed by atoms with E-state index in [2.05, 4.69) is 60.7 Å². The van der Waals surface area contributed by atoms with Crippen LogP contribution in [0.5, 0.6) is 0 Å². The summed E-state index contributed by atoms with van der Waals surface area (Å²) in [5.41, 5.74) is 2.93. The minimum absolute atomic E-state index is 1.08. The van der Waals surface area contributed by atoms with Gasteiger partial charge in [0.15, 0.2) is 0 Å². The van der Waals surface area contributed by atoms with Gasteiger partial charge in [-0.05, 0) is 49.0 Å². The molecule has 0 radical (unpaired) electrons. The molecule has 0 nitrogen and oxygen atoms in total. The molecule has 1 aromatic carbocycles. The highest BCUT2D eigenvalue weighted by molar-refractivity contribution is 8.02. The van der Waals surface area contributed by atoms with Crippen LogP contribution in [0, 0.1) is 0 Å². The molecule has 0 fully saturated rings. The average molecular weight is 327 g/mol. The van der Waals surface area contributed by atoms with Crippen LogP contribution in [0.1, 0.15) is 25.7 Å². The lowest BCUT2D eigenvalue weighted by Gasteiger charge is -2.12. The standard InChI is InChI=1S/C20H22S2/c1-3-9-17(10-4-1)15-21-19-13-7-8-14-20(19)22-16-18-11-5-2-6-12-18/h3,5,7-14H,1-2,4,6,15-16H2. The summed E-state index contributed by atoms with van der Waals surface area (Å²) in [4.78, 5) is 2.82. The van der Waals surface area contributed by atoms with E-state index in [4.69, 9.17) is 0 Å². The second-order valence-electron chi connectivity index (χ2n) is 5.54. The van der Waals surface area contributed by atoms with Crippen molar-refractivity contribution in [3.63, 3.8) is 0 Å². The Morgan fingerprint density at radius 1 is 0.682 bits per heavy atom. The lowest BCUT2D eigenvalue weighted by Crippen LogP contribution is -1.91. The maximum atomic E-state index is 2.38. The summed E-state index contributed by atoms with van der Waals surface area (Å²) in [5.74, 6) is 2.16. The average Bonchev–Trinajstić information content (AvgIpc) is 2.61. The first-order valence-electron chi connectivity index (χ1n) is 7.97. The van der Waals surface area contributed by atoms with Gasteiger partial charge in [-0.2, -0.15) is 0 Å². The molecule has 22 heavy (non-hydrogen) atoms. The molecule has 2 heteroatoms. The molecule has 0 aromatic heterocycles. The summed E-state index contributed by atoms with van der Waals surface area (Å²) < 4.78 is 0. The molecular weight excluding hydrogens is 304 g/mol. The molecule has 0 atom stereocenters. The summed E-state index contributed by atoms with van der Waals surface area (Å²) in [7, 11) is 0. The third-order valence-electron chi connectivity index (χ3n) is 3.78. The van der Waals surface area contributed by atoms with Gasteiger partial charge in [0, 0.05) is 21.3 Å². The van der Waals surface area contributed by atoms with E-state index in [1.165, 1.54) is 46.6 Å². The Bertz CT molecular complexity index is 565. The lowest BCUT2D eigenvalue weighted by molar-refractivity contribution is 1.02. The predicted octanol–water partition coefficient (Wildman–Crippen LogP) is 6.42. The summed E-state index contributed by atoms with van der Waals surface area (Å²) >= 11 is 3.92. The van der Waals surface area contributed by atoms with Crippen molar-refractivity contribution in [3.8, 4) is 0 Å². The SMILES string of the molecule is C1=CC(CSc2ccccc2SCC2=CCCC=C2)=CCC1. The lowest BCUT2D eigenvalue weighted by atomic mass is 10.1. The van der Waals surface area contributed by atoms with Crippen LogP contribution in [-0.2, 0) is 0 Å². The fourth-order valence-electron chi connectivity index (χ4n) is 2.56. The number of benzene rings is 1. The van der Waals surface area contributed by atoms with E-state index in [-0.39, 0.29) is 0 Å². The quantitative estimate of drug-likeness (QED) is 0.553. The van der Waals surface area contributed by atoms with Crippen LogP contribution in [0.15, 0.2) is 81.7 Å². The van der Waals surface area contributed by atoms with Gasteiger partial charge in [0.2, 0.25) is 0 Å². The van der Waals surface area contributed by atoms with Gasteiger partial charge >= 0.3 is 0 Å². The molecule has 0 N–H and O–H groups in total. The normalized spacial score (nSPS) is 17.3. The van der Waals surface area contributed by atoms with Crippen LogP contribution in [-0.4, -0.2) is 11.5 Å². The van der Waals surface area contributed by atoms with Crippen LogP contribution in [0.4, 0.5) is 0 Å². The molecule has 1 aromatic rings. The number of hydrogen-bond donors (Lipinski definition) is 0. The van der Waals surface area contributed by atoms with Gasteiger partial charge in [0.25, 0.3) is 0 Å². The van der Waals surface area contributed by atoms with Crippen molar-refractivity contribution in [2.45, 2.75) is 35.5 Å². The van der Waals surface area contributed by atoms with Gasteiger partial charge in [-0.25, -0.2) is 0 Å². The number of thioether (sulfide) groups is 2. The highest BCUT2D eigenvalue weighted by Crippen LogP contribution is 2.33. The Kier molecular flexibility index (Phi) is 6.09. The zero-order valence-electron chi connectivity index (χ0n) is 12.8. The predicted molar refractivity (Wildman–Crippen MR) is 101 cm³/mol. The van der Waals surface area contributed by atoms with E-state index >= 15 is 0 Å². The third kappa shape index (κ3) is 4.69. The van der Waals surface area contributed by atoms with Gasteiger partial charge < -0.3 is 0 Å². The van der Waals surface area contributed by atoms with E-state index in [1.54, 1.807) is 0 Å². The van der Waals surface area contributed by atoms with E-state index in [1.807, 2.05) is 23.5 Å². The van der Waals surface area contributed by atoms with Crippen LogP contribution in [0.2, 0.25) is 0 Å². The fraction of sp³-hybridized carbons (Fsp3) is 0.300. The molecule has 114 valence electrons. The van der Waals surface area contributed by atoms with Crippen LogP contribution >= 0.6 is 23.5 Å². The Morgan fingerprint density at radius 2 is 1.18 bits per heavy atom. The Balaban J connectivity index is 1.59. The maximum absolute atomic E-state index is 2.38. The smallest absolute Gasteiger partial charge is 0.0229 e. The Hall–Kier alpha value is -1.12. The molecular formula is C20H22S2. The van der Waals surface area contributed by atoms with Crippen molar-refractivity contribution in [1.29, 1.82) is 0 Å². The summed E-state index contributed by atoms with van der Waals surface area (Å²) in [6, 6.07) is 8.81. The first kappa shape index (κ1) is 15.8. The van der Waals surface area contributed by atoms with Crippen LogP contribution in [0.25, 0.3) is 0 Å². The van der Waals surface area contributed by atoms with Gasteiger partial charge in [-0.3, -0.25) is 0 Å². The van der Waals surface area contributed by atoms with Gasteiger partial charge in [-0.15, -0.1) is 23.5 Å². The zero-order valence-corrected chi connectivity index (χ0v) is 14.5. The second kappa shape index (κ2) is 8.50. The van der Waals surface area contributed by atoms with Gasteiger partial charge in [-0.1, -0.05) is 48.6 Å². The Morgan fingerprint density at radius 3 is 1.59 bits per heavy atom. The van der Waals surface area contributed by atoms with E-state index < -0.39 is 0 Å². The van der Waals surface area contributed by atoms with Crippen molar-refractivity contribution >= 4 is 23.5 Å². The third-order valence-corrected chi connectivity index (χ3v) is 6.20. The van der Waals surface area contributed by atoms with Crippen molar-refractivity contribution < 1.29 is 0 Å². The summed E-state index contributed by atoms with van der Waals surface area (Å²) in [6.07, 6.45) is 18.7. The highest BCUT2D eigenvalue weighted by atomic mass is 32.2. The first-order valence-corrected chi connectivity index (χ1v) is 9.95. The molecule has 0 saturated carbocycles. The molecule has 0 bridgehead atoms. The minimum Gasteiger partial charge on any atom is -0.120 e. The van der Waals surface area contributed by atoms with E-state index in [9.17, 15) is 0 Å². The monoisotopic (exact) mass is 326 g/mol. The van der Waals surface area contributed by atoms with Crippen molar-refractivity contribution in [2.24, 2.45) is 0 Å². The summed E-state index contributed by atoms with van der Waals surface area (Å²) in [5, 5.41) is 0. The Labute approximate surface area is 142 Å². The van der Waals surface area contributed by atoms with Crippen molar-refractivity contribution in [2.75, 3.05) is 11.5 Å². The minimum atomic E-state index is 1.08.